The van der Waals surface area contributed by atoms with Gasteiger partial charge in [-0.1, -0.05) is 6.08 Å². The molecule has 0 unspecified atom stereocenters. The third kappa shape index (κ3) is 5.24. The van der Waals surface area contributed by atoms with Crippen LogP contribution in [0.4, 0.5) is 0 Å². The Morgan fingerprint density at radius 1 is 1.18 bits per heavy atom. The lowest BCUT2D eigenvalue weighted by molar-refractivity contribution is -0.0588. The van der Waals surface area contributed by atoms with Crippen LogP contribution in [0.3, 0.4) is 0 Å². The Kier molecular flexibility index (Phi) is 7.52. The largest absolute Gasteiger partial charge is 0.394 e. The molecule has 2 aromatic heterocycles. The summed E-state index contributed by atoms with van der Waals surface area (Å²) in [5, 5.41) is 40.7. The Hall–Kier alpha value is -3.21. The Morgan fingerprint density at radius 2 is 1.91 bits per heavy atom. The van der Waals surface area contributed by atoms with Crippen molar-refractivity contribution in [3.8, 4) is 0 Å². The number of carbonyl (C=O) groups is 1. The molecule has 1 fully saturated rings. The predicted molar refractivity (Wildman–Crippen MR) is 108 cm³/mol. The third-order valence-corrected chi connectivity index (χ3v) is 4.91. The van der Waals surface area contributed by atoms with E-state index in [-0.39, 0.29) is 12.4 Å². The second kappa shape index (κ2) is 10.2. The first-order valence-corrected chi connectivity index (χ1v) is 9.76. The van der Waals surface area contributed by atoms with E-state index in [1.165, 1.54) is 10.8 Å². The van der Waals surface area contributed by atoms with Crippen molar-refractivity contribution >= 4 is 5.91 Å². The molecule has 6 atom stereocenters. The molecule has 180 valence electrons. The molecular weight excluding hydrogens is 444 g/mol. The number of aliphatic hydroxyl groups excluding tert-OH is 4. The molecule has 33 heavy (non-hydrogen) atoms. The summed E-state index contributed by atoms with van der Waals surface area (Å²) in [7, 11) is 0. The minimum atomic E-state index is -1.27. The summed E-state index contributed by atoms with van der Waals surface area (Å²) in [5.41, 5.74) is 4.48. The summed E-state index contributed by atoms with van der Waals surface area (Å²) >= 11 is 0. The number of aliphatic hydroxyl groups is 4. The van der Waals surface area contributed by atoms with Gasteiger partial charge < -0.3 is 35.6 Å². The topological polar surface area (TPSA) is 228 Å². The van der Waals surface area contributed by atoms with Crippen LogP contribution in [0.1, 0.15) is 28.6 Å². The zero-order chi connectivity index (χ0) is 24.3. The second-order valence-electron chi connectivity index (χ2n) is 7.25. The zero-order valence-electron chi connectivity index (χ0n) is 17.4. The fourth-order valence-corrected chi connectivity index (χ4v) is 3.14. The van der Waals surface area contributed by atoms with E-state index in [2.05, 4.69) is 15.1 Å². The van der Waals surface area contributed by atoms with Gasteiger partial charge in [-0.15, -0.1) is 5.10 Å². The van der Waals surface area contributed by atoms with Gasteiger partial charge in [0.25, 0.3) is 11.5 Å². The van der Waals surface area contributed by atoms with Gasteiger partial charge in [-0.3, -0.25) is 19.1 Å². The lowest BCUT2D eigenvalue weighted by atomic mass is 10.1. The summed E-state index contributed by atoms with van der Waals surface area (Å²) in [6, 6.07) is 0. The van der Waals surface area contributed by atoms with E-state index in [1.54, 1.807) is 19.1 Å². The van der Waals surface area contributed by atoms with E-state index in [9.17, 15) is 24.6 Å². The molecule has 2 aliphatic heterocycles. The predicted octanol–water partition coefficient (Wildman–Crippen LogP) is -3.72. The number of ether oxygens (including phenoxy) is 2. The summed E-state index contributed by atoms with van der Waals surface area (Å²) in [6.45, 7) is 1.03. The lowest BCUT2D eigenvalue weighted by Crippen LogP contribution is -2.33. The molecule has 4 rings (SSSR count). The summed E-state index contributed by atoms with van der Waals surface area (Å²) in [5.74, 6) is -1.03. The molecule has 15 nitrogen and oxygen atoms in total. The third-order valence-electron chi connectivity index (χ3n) is 4.91. The van der Waals surface area contributed by atoms with Gasteiger partial charge in [-0.2, -0.15) is 0 Å². The smallest absolute Gasteiger partial charge is 0.330 e. The minimum absolute atomic E-state index is 0.135. The fourth-order valence-electron chi connectivity index (χ4n) is 3.14. The van der Waals surface area contributed by atoms with Gasteiger partial charge in [0.15, 0.2) is 12.5 Å². The van der Waals surface area contributed by atoms with E-state index < -0.39 is 60.6 Å². The van der Waals surface area contributed by atoms with E-state index in [1.807, 2.05) is 0 Å². The van der Waals surface area contributed by atoms with Gasteiger partial charge in [0, 0.05) is 11.8 Å². The number of carbonyl (C=O) groups excluding carboxylic acids is 1. The molecule has 15 heteroatoms. The summed E-state index contributed by atoms with van der Waals surface area (Å²) in [4.78, 5) is 39.3. The number of primary amides is 1. The Labute approximate surface area is 185 Å². The molecule has 7 N–H and O–H groups in total. The van der Waals surface area contributed by atoms with Gasteiger partial charge in [-0.05, 0) is 13.0 Å². The number of hydrogen-bond donors (Lipinski definition) is 6. The number of rotatable bonds is 5. The number of amides is 1. The van der Waals surface area contributed by atoms with Crippen molar-refractivity contribution in [2.24, 2.45) is 5.73 Å². The molecule has 1 amide bonds. The van der Waals surface area contributed by atoms with Crippen LogP contribution < -0.4 is 17.0 Å². The molecule has 0 aliphatic carbocycles. The molecule has 4 heterocycles. The maximum atomic E-state index is 11.5. The first kappa shape index (κ1) is 24.4. The van der Waals surface area contributed by atoms with Crippen molar-refractivity contribution in [2.45, 2.75) is 43.8 Å². The highest BCUT2D eigenvalue weighted by Crippen LogP contribution is 2.28. The zero-order valence-corrected chi connectivity index (χ0v) is 17.4. The van der Waals surface area contributed by atoms with Gasteiger partial charge in [-0.25, -0.2) is 14.5 Å². The molecule has 0 spiro atoms. The quantitative estimate of drug-likeness (QED) is 0.234. The first-order valence-electron chi connectivity index (χ1n) is 9.76. The van der Waals surface area contributed by atoms with Crippen molar-refractivity contribution in [3.05, 3.63) is 56.9 Å². The molecule has 0 saturated carbocycles. The molecule has 0 aromatic carbocycles. The first-order chi connectivity index (χ1) is 15.7. The van der Waals surface area contributed by atoms with Crippen molar-refractivity contribution in [2.75, 3.05) is 13.2 Å². The number of aryl methyl sites for hydroxylation is 1. The number of nitrogens with one attached hydrogen (secondary N) is 1. The van der Waals surface area contributed by atoms with Crippen LogP contribution in [0, 0.1) is 6.92 Å². The van der Waals surface area contributed by atoms with E-state index in [0.29, 0.717) is 5.56 Å². The standard InChI is InChI=1S/C10H12N2O4.C8H12N4O5/c1-6-4-12(10(15)11-9(6)14)8-3-2-7(5-13)16-8;9-6(16)7-10-2-12(11-7)8-5(15)4(14)3(1-13)17-8/h2-4,7-8,13H,5H2,1H3,(H,11,14,15);2-5,8,13-15H,1H2,(H2,9,16)/t7-,8+;3-,4-,5-,8-/m01/s1. The maximum Gasteiger partial charge on any atom is 0.330 e. The van der Waals surface area contributed by atoms with Crippen molar-refractivity contribution in [3.63, 3.8) is 0 Å². The fraction of sp³-hybridized carbons (Fsp3) is 0.500. The summed E-state index contributed by atoms with van der Waals surface area (Å²) < 4.78 is 12.9. The highest BCUT2D eigenvalue weighted by molar-refractivity contribution is 5.88. The average molecular weight is 468 g/mol. The van der Waals surface area contributed by atoms with Crippen molar-refractivity contribution in [1.29, 1.82) is 0 Å². The second-order valence-corrected chi connectivity index (χ2v) is 7.25. The number of hydrogen-bond acceptors (Lipinski definition) is 11. The lowest BCUT2D eigenvalue weighted by Gasteiger charge is -2.14. The molecule has 2 aliphatic rings. The van der Waals surface area contributed by atoms with E-state index in [4.69, 9.17) is 25.4 Å². The summed E-state index contributed by atoms with van der Waals surface area (Å²) in [6.07, 6.45) is 0.553. The van der Waals surface area contributed by atoms with Crippen LogP contribution in [0.25, 0.3) is 0 Å². The number of H-pyrrole nitrogens is 1. The molecule has 2 aromatic rings. The number of aromatic nitrogens is 5. The average Bonchev–Trinajstić information content (AvgIpc) is 3.51. The van der Waals surface area contributed by atoms with Gasteiger partial charge in [0.05, 0.1) is 13.2 Å². The highest BCUT2D eigenvalue weighted by atomic mass is 16.6. The van der Waals surface area contributed by atoms with Crippen LogP contribution in [0.15, 0.2) is 34.3 Å². The van der Waals surface area contributed by atoms with Gasteiger partial charge >= 0.3 is 5.69 Å². The molecule has 0 bridgehead atoms. The van der Waals surface area contributed by atoms with Crippen molar-refractivity contribution < 1.29 is 34.7 Å². The number of nitrogens with two attached hydrogens (primary N) is 1. The Bertz CT molecular complexity index is 1130. The van der Waals surface area contributed by atoms with Gasteiger partial charge in [0.2, 0.25) is 5.82 Å². The molecule has 0 radical (unpaired) electrons. The number of nitrogens with zero attached hydrogens (tertiary/aromatic N) is 4. The van der Waals surface area contributed by atoms with Crippen LogP contribution in [-0.4, -0.2) is 88.3 Å². The van der Waals surface area contributed by atoms with Crippen LogP contribution in [0.2, 0.25) is 0 Å². The highest BCUT2D eigenvalue weighted by Gasteiger charge is 2.44. The molecule has 1 saturated heterocycles. The number of aromatic amines is 1. The Balaban J connectivity index is 0.000000186. The molecular formula is C18H24N6O9. The normalized spacial score (nSPS) is 28.5. The maximum absolute atomic E-state index is 11.5. The van der Waals surface area contributed by atoms with E-state index >= 15 is 0 Å². The van der Waals surface area contributed by atoms with Crippen LogP contribution in [0.5, 0.6) is 0 Å². The van der Waals surface area contributed by atoms with Crippen LogP contribution >= 0.6 is 0 Å². The van der Waals surface area contributed by atoms with Crippen LogP contribution in [-0.2, 0) is 9.47 Å². The van der Waals surface area contributed by atoms with Gasteiger partial charge in [0.1, 0.15) is 30.7 Å². The van der Waals surface area contributed by atoms with E-state index in [0.717, 1.165) is 11.0 Å². The minimum Gasteiger partial charge on any atom is -0.394 e. The Morgan fingerprint density at radius 3 is 2.45 bits per heavy atom. The monoisotopic (exact) mass is 468 g/mol. The van der Waals surface area contributed by atoms with Crippen molar-refractivity contribution in [1.82, 2.24) is 24.3 Å². The SMILES string of the molecule is Cc1cn([C@H]2C=C[C@@H](CO)O2)c(=O)[nH]c1=O.NC(=O)c1ncn([C@@H]2O[C@H](CO)[C@@H](O)[C@H]2O)n1.